The predicted octanol–water partition coefficient (Wildman–Crippen LogP) is 2.74. The molecular formula is C14H16BrN3O3. The third-order valence-electron chi connectivity index (χ3n) is 2.89. The number of nitrogen functional groups attached to an aromatic ring is 1. The van der Waals surface area contributed by atoms with E-state index in [0.29, 0.717) is 11.7 Å². The highest BCUT2D eigenvalue weighted by molar-refractivity contribution is 9.10. The number of ether oxygens (including phenoxy) is 1. The fraction of sp³-hybridized carbons (Fsp3) is 0.286. The quantitative estimate of drug-likeness (QED) is 0.490. The van der Waals surface area contributed by atoms with E-state index in [4.69, 9.17) is 15.1 Å². The average molecular weight is 354 g/mol. The number of nitrogens with one attached hydrogen (secondary N) is 1. The minimum absolute atomic E-state index is 0.121. The first-order valence-corrected chi connectivity index (χ1v) is 7.19. The zero-order valence-electron chi connectivity index (χ0n) is 11.7. The van der Waals surface area contributed by atoms with Crippen LogP contribution in [0.2, 0.25) is 0 Å². The van der Waals surface area contributed by atoms with Gasteiger partial charge in [0.1, 0.15) is 12.4 Å². The highest BCUT2D eigenvalue weighted by Gasteiger charge is 2.13. The molecule has 2 aromatic rings. The van der Waals surface area contributed by atoms with Crippen molar-refractivity contribution in [2.24, 2.45) is 5.84 Å². The van der Waals surface area contributed by atoms with Gasteiger partial charge in [-0.3, -0.25) is 10.2 Å². The molecule has 0 aliphatic carbocycles. The summed E-state index contributed by atoms with van der Waals surface area (Å²) in [4.78, 5) is 11.3. The van der Waals surface area contributed by atoms with Crippen LogP contribution in [0.4, 0.5) is 0 Å². The topological polar surface area (TPSA) is 90.4 Å². The molecule has 0 aliphatic heterocycles. The minimum Gasteiger partial charge on any atom is -0.485 e. The number of carbonyl (C=O) groups excluding carboxylic acids is 1. The van der Waals surface area contributed by atoms with Crippen molar-refractivity contribution >= 4 is 21.8 Å². The molecule has 6 nitrogen and oxygen atoms in total. The van der Waals surface area contributed by atoms with Gasteiger partial charge < -0.3 is 9.26 Å². The SMILES string of the molecule is CC(C)c1cc(Br)ccc1OCc1cc(C(=O)NN)no1. The van der Waals surface area contributed by atoms with E-state index in [1.807, 2.05) is 23.6 Å². The lowest BCUT2D eigenvalue weighted by molar-refractivity contribution is 0.0944. The van der Waals surface area contributed by atoms with E-state index >= 15 is 0 Å². The number of benzene rings is 1. The van der Waals surface area contributed by atoms with E-state index in [-0.39, 0.29) is 12.3 Å². The first kappa shape index (κ1) is 15.5. The van der Waals surface area contributed by atoms with Gasteiger partial charge in [-0.25, -0.2) is 5.84 Å². The number of nitrogens with zero attached hydrogens (tertiary/aromatic N) is 1. The van der Waals surface area contributed by atoms with Crippen LogP contribution < -0.4 is 16.0 Å². The summed E-state index contributed by atoms with van der Waals surface area (Å²) in [5, 5.41) is 3.62. The summed E-state index contributed by atoms with van der Waals surface area (Å²) >= 11 is 3.45. The molecule has 0 aliphatic rings. The number of halogens is 1. The maximum absolute atomic E-state index is 11.3. The van der Waals surface area contributed by atoms with Gasteiger partial charge in [0.2, 0.25) is 0 Å². The van der Waals surface area contributed by atoms with Crippen LogP contribution in [0.3, 0.4) is 0 Å². The Kier molecular flexibility index (Phi) is 4.98. The molecule has 0 saturated heterocycles. The first-order valence-electron chi connectivity index (χ1n) is 6.40. The summed E-state index contributed by atoms with van der Waals surface area (Å²) in [6, 6.07) is 7.32. The van der Waals surface area contributed by atoms with Gasteiger partial charge in [0, 0.05) is 10.5 Å². The van der Waals surface area contributed by atoms with Crippen molar-refractivity contribution in [3.8, 4) is 5.75 Å². The smallest absolute Gasteiger partial charge is 0.287 e. The highest BCUT2D eigenvalue weighted by Crippen LogP contribution is 2.30. The summed E-state index contributed by atoms with van der Waals surface area (Å²) in [5.74, 6) is 6.07. The van der Waals surface area contributed by atoms with Gasteiger partial charge in [-0.15, -0.1) is 0 Å². The lowest BCUT2D eigenvalue weighted by Gasteiger charge is -2.13. The maximum Gasteiger partial charge on any atom is 0.287 e. The Morgan fingerprint density at radius 3 is 2.90 bits per heavy atom. The fourth-order valence-electron chi connectivity index (χ4n) is 1.81. The summed E-state index contributed by atoms with van der Waals surface area (Å²) in [6.07, 6.45) is 0. The van der Waals surface area contributed by atoms with Gasteiger partial charge in [0.05, 0.1) is 0 Å². The Morgan fingerprint density at radius 2 is 2.24 bits per heavy atom. The van der Waals surface area contributed by atoms with Crippen LogP contribution in [-0.2, 0) is 6.61 Å². The van der Waals surface area contributed by atoms with Gasteiger partial charge in [-0.1, -0.05) is 34.9 Å². The van der Waals surface area contributed by atoms with Crippen molar-refractivity contribution in [2.45, 2.75) is 26.4 Å². The Hall–Kier alpha value is -1.86. The lowest BCUT2D eigenvalue weighted by atomic mass is 10.0. The van der Waals surface area contributed by atoms with Crippen LogP contribution in [-0.4, -0.2) is 11.1 Å². The van der Waals surface area contributed by atoms with Crippen LogP contribution in [0.1, 0.15) is 41.6 Å². The molecule has 0 radical (unpaired) electrons. The van der Waals surface area contributed by atoms with Gasteiger partial charge in [-0.05, 0) is 29.7 Å². The van der Waals surface area contributed by atoms with Crippen molar-refractivity contribution in [1.29, 1.82) is 0 Å². The maximum atomic E-state index is 11.3. The van der Waals surface area contributed by atoms with E-state index in [1.54, 1.807) is 0 Å². The monoisotopic (exact) mass is 353 g/mol. The number of amides is 1. The molecule has 0 fully saturated rings. The van der Waals surface area contributed by atoms with Gasteiger partial charge in [-0.2, -0.15) is 0 Å². The van der Waals surface area contributed by atoms with Crippen LogP contribution in [0.25, 0.3) is 0 Å². The van der Waals surface area contributed by atoms with Gasteiger partial charge >= 0.3 is 0 Å². The number of hydrazine groups is 1. The van der Waals surface area contributed by atoms with Crippen LogP contribution in [0.5, 0.6) is 5.75 Å². The van der Waals surface area contributed by atoms with Gasteiger partial charge in [0.15, 0.2) is 11.5 Å². The zero-order chi connectivity index (χ0) is 15.4. The standard InChI is InChI=1S/C14H16BrN3O3/c1-8(2)11-5-9(15)3-4-13(11)20-7-10-6-12(18-21-10)14(19)17-16/h3-6,8H,7,16H2,1-2H3,(H,17,19). The molecule has 112 valence electrons. The molecule has 2 rings (SSSR count). The molecule has 0 spiro atoms. The van der Waals surface area contributed by atoms with Crippen LogP contribution >= 0.6 is 15.9 Å². The number of hydrogen-bond acceptors (Lipinski definition) is 5. The number of rotatable bonds is 5. The van der Waals surface area contributed by atoms with E-state index < -0.39 is 5.91 Å². The van der Waals surface area contributed by atoms with Crippen molar-refractivity contribution in [2.75, 3.05) is 0 Å². The lowest BCUT2D eigenvalue weighted by Crippen LogP contribution is -2.30. The second-order valence-electron chi connectivity index (χ2n) is 4.78. The van der Waals surface area contributed by atoms with E-state index in [9.17, 15) is 4.79 Å². The average Bonchev–Trinajstić information content (AvgIpc) is 2.93. The molecule has 1 heterocycles. The molecule has 21 heavy (non-hydrogen) atoms. The Morgan fingerprint density at radius 1 is 1.48 bits per heavy atom. The van der Waals surface area contributed by atoms with Crippen molar-refractivity contribution in [3.05, 3.63) is 45.8 Å². The molecule has 0 atom stereocenters. The largest absolute Gasteiger partial charge is 0.485 e. The molecule has 0 unspecified atom stereocenters. The Bertz CT molecular complexity index is 640. The van der Waals surface area contributed by atoms with E-state index in [0.717, 1.165) is 15.8 Å². The van der Waals surface area contributed by atoms with Crippen LogP contribution in [0.15, 0.2) is 33.3 Å². The first-order chi connectivity index (χ1) is 10.0. The normalized spacial score (nSPS) is 10.7. The van der Waals surface area contributed by atoms with Gasteiger partial charge in [0.25, 0.3) is 5.91 Å². The number of aromatic nitrogens is 1. The molecule has 1 aromatic heterocycles. The number of hydrogen-bond donors (Lipinski definition) is 2. The third kappa shape index (κ3) is 3.83. The summed E-state index contributed by atoms with van der Waals surface area (Å²) in [5.41, 5.74) is 3.20. The second-order valence-corrected chi connectivity index (χ2v) is 5.69. The predicted molar refractivity (Wildman–Crippen MR) is 80.7 cm³/mol. The minimum atomic E-state index is -0.503. The third-order valence-corrected chi connectivity index (χ3v) is 3.38. The Labute approximate surface area is 130 Å². The molecule has 0 bridgehead atoms. The molecule has 7 heteroatoms. The molecule has 1 aromatic carbocycles. The Balaban J connectivity index is 2.09. The van der Waals surface area contributed by atoms with Crippen LogP contribution in [0, 0.1) is 0 Å². The van der Waals surface area contributed by atoms with Crippen molar-refractivity contribution < 1.29 is 14.1 Å². The molecule has 0 saturated carbocycles. The van der Waals surface area contributed by atoms with E-state index in [1.165, 1.54) is 6.07 Å². The summed E-state index contributed by atoms with van der Waals surface area (Å²) < 4.78 is 11.8. The molecule has 3 N–H and O–H groups in total. The summed E-state index contributed by atoms with van der Waals surface area (Å²) in [7, 11) is 0. The number of nitrogens with two attached hydrogens (primary N) is 1. The highest BCUT2D eigenvalue weighted by atomic mass is 79.9. The molecule has 1 amide bonds. The van der Waals surface area contributed by atoms with Crippen molar-refractivity contribution in [1.82, 2.24) is 10.6 Å². The molecular weight excluding hydrogens is 338 g/mol. The zero-order valence-corrected chi connectivity index (χ0v) is 13.3. The number of carbonyl (C=O) groups is 1. The van der Waals surface area contributed by atoms with E-state index in [2.05, 4.69) is 34.9 Å². The summed E-state index contributed by atoms with van der Waals surface area (Å²) in [6.45, 7) is 4.37. The fourth-order valence-corrected chi connectivity index (χ4v) is 2.19. The van der Waals surface area contributed by atoms with Crippen molar-refractivity contribution in [3.63, 3.8) is 0 Å². The second kappa shape index (κ2) is 6.73.